The molecule has 0 fully saturated rings. The van der Waals surface area contributed by atoms with Crippen LogP contribution in [-0.2, 0) is 19.1 Å². The quantitative estimate of drug-likeness (QED) is 0.411. The van der Waals surface area contributed by atoms with Crippen molar-refractivity contribution in [3.05, 3.63) is 66.0 Å². The average molecular weight is 388 g/mol. The van der Waals surface area contributed by atoms with Gasteiger partial charge in [0.15, 0.2) is 6.61 Å². The second-order valence-corrected chi connectivity index (χ2v) is 6.31. The predicted molar refractivity (Wildman–Crippen MR) is 101 cm³/mol. The van der Waals surface area contributed by atoms with Gasteiger partial charge in [0.2, 0.25) is 5.91 Å². The van der Waals surface area contributed by atoms with Gasteiger partial charge in [-0.3, -0.25) is 9.59 Å². The number of nitrogens with two attached hydrogens (primary N) is 1. The Hall–Kier alpha value is -3.13. The number of ether oxygens (including phenoxy) is 1. The Morgan fingerprint density at radius 2 is 1.81 bits per heavy atom. The van der Waals surface area contributed by atoms with E-state index in [9.17, 15) is 18.8 Å². The van der Waals surface area contributed by atoms with Gasteiger partial charge in [-0.05, 0) is 35.9 Å². The van der Waals surface area contributed by atoms with Gasteiger partial charge in [0.25, 0.3) is 5.91 Å². The number of para-hydroxylation sites is 1. The second-order valence-electron chi connectivity index (χ2n) is 5.29. The van der Waals surface area contributed by atoms with Gasteiger partial charge in [-0.2, -0.15) is 0 Å². The van der Waals surface area contributed by atoms with Gasteiger partial charge < -0.3 is 15.8 Å². The fourth-order valence-electron chi connectivity index (χ4n) is 1.95. The molecule has 0 unspecified atom stereocenters. The Kier molecular flexibility index (Phi) is 7.57. The lowest BCUT2D eigenvalue weighted by Crippen LogP contribution is -2.20. The molecule has 6 nitrogen and oxygen atoms in total. The van der Waals surface area contributed by atoms with Gasteiger partial charge in [0, 0.05) is 11.0 Å². The molecule has 140 valence electrons. The lowest BCUT2D eigenvalue weighted by atomic mass is 10.2. The minimum absolute atomic E-state index is 0.0794. The van der Waals surface area contributed by atoms with Gasteiger partial charge in [-0.15, -0.1) is 11.8 Å². The highest BCUT2D eigenvalue weighted by Crippen LogP contribution is 2.26. The summed E-state index contributed by atoms with van der Waals surface area (Å²) in [6.07, 6.45) is 2.60. The Labute approximate surface area is 159 Å². The molecule has 0 aromatic heterocycles. The molecular weight excluding hydrogens is 371 g/mol. The molecule has 3 N–H and O–H groups in total. The number of primary amides is 1. The van der Waals surface area contributed by atoms with Crippen molar-refractivity contribution in [1.82, 2.24) is 0 Å². The van der Waals surface area contributed by atoms with Gasteiger partial charge in [0.05, 0.1) is 11.4 Å². The summed E-state index contributed by atoms with van der Waals surface area (Å²) in [5, 5.41) is 2.61. The smallest absolute Gasteiger partial charge is 0.331 e. The molecule has 0 aliphatic carbocycles. The number of esters is 1. The molecule has 27 heavy (non-hydrogen) atoms. The van der Waals surface area contributed by atoms with Crippen molar-refractivity contribution in [3.63, 3.8) is 0 Å². The molecule has 0 aliphatic rings. The first-order valence-electron chi connectivity index (χ1n) is 7.84. The fraction of sp³-hybridized carbons (Fsp3) is 0.105. The highest BCUT2D eigenvalue weighted by Gasteiger charge is 2.10. The number of hydrogen-bond acceptors (Lipinski definition) is 5. The second kappa shape index (κ2) is 10.1. The molecule has 0 heterocycles. The summed E-state index contributed by atoms with van der Waals surface area (Å²) < 4.78 is 17.7. The third kappa shape index (κ3) is 7.33. The molecule has 0 saturated heterocycles. The Bertz CT molecular complexity index is 853. The summed E-state index contributed by atoms with van der Waals surface area (Å²) in [5.41, 5.74) is 6.24. The summed E-state index contributed by atoms with van der Waals surface area (Å²) in [6.45, 7) is -0.471. The maximum absolute atomic E-state index is 12.8. The van der Waals surface area contributed by atoms with E-state index in [0.29, 0.717) is 16.1 Å². The summed E-state index contributed by atoms with van der Waals surface area (Å²) in [6, 6.07) is 12.4. The van der Waals surface area contributed by atoms with Crippen molar-refractivity contribution >= 4 is 41.3 Å². The first-order chi connectivity index (χ1) is 12.9. The molecule has 0 saturated carbocycles. The molecule has 0 bridgehead atoms. The number of carbonyl (C=O) groups excluding carboxylic acids is 3. The minimum Gasteiger partial charge on any atom is -0.452 e. The van der Waals surface area contributed by atoms with Crippen molar-refractivity contribution in [2.45, 2.75) is 4.90 Å². The van der Waals surface area contributed by atoms with Gasteiger partial charge in [-0.25, -0.2) is 9.18 Å². The van der Waals surface area contributed by atoms with Crippen molar-refractivity contribution in [2.75, 3.05) is 17.7 Å². The molecular formula is C19H17FN2O4S. The number of amides is 2. The van der Waals surface area contributed by atoms with Gasteiger partial charge in [0.1, 0.15) is 5.82 Å². The zero-order valence-electron chi connectivity index (χ0n) is 14.2. The van der Waals surface area contributed by atoms with Crippen molar-refractivity contribution in [1.29, 1.82) is 0 Å². The van der Waals surface area contributed by atoms with Crippen LogP contribution in [0.2, 0.25) is 0 Å². The van der Waals surface area contributed by atoms with E-state index in [-0.39, 0.29) is 11.6 Å². The molecule has 8 heteroatoms. The molecule has 2 aromatic rings. The topological polar surface area (TPSA) is 98.5 Å². The van der Waals surface area contributed by atoms with Gasteiger partial charge in [-0.1, -0.05) is 24.3 Å². The number of rotatable bonds is 8. The average Bonchev–Trinajstić information content (AvgIpc) is 2.65. The predicted octanol–water partition coefficient (Wildman–Crippen LogP) is 2.60. The van der Waals surface area contributed by atoms with E-state index < -0.39 is 24.4 Å². The zero-order valence-corrected chi connectivity index (χ0v) is 15.0. The third-order valence-corrected chi connectivity index (χ3v) is 4.25. The Morgan fingerprint density at radius 3 is 2.52 bits per heavy atom. The summed E-state index contributed by atoms with van der Waals surface area (Å²) in [4.78, 5) is 35.2. The van der Waals surface area contributed by atoms with E-state index in [1.54, 1.807) is 24.3 Å². The van der Waals surface area contributed by atoms with Crippen LogP contribution in [0.1, 0.15) is 5.56 Å². The highest BCUT2D eigenvalue weighted by atomic mass is 32.2. The first-order valence-corrected chi connectivity index (χ1v) is 8.83. The van der Waals surface area contributed by atoms with E-state index in [1.807, 2.05) is 0 Å². The summed E-state index contributed by atoms with van der Waals surface area (Å²) >= 11 is 1.19. The van der Waals surface area contributed by atoms with Crippen LogP contribution in [0.3, 0.4) is 0 Å². The van der Waals surface area contributed by atoms with E-state index >= 15 is 0 Å². The standard InChI is InChI=1S/C19H17FN2O4S/c20-14-8-5-13(6-9-14)7-10-19(25)26-11-18(24)22-15-3-1-2-4-16(15)27-12-17(21)23/h1-10H,11-12H2,(H2,21,23)(H,22,24)/b10-7+. The molecule has 0 spiro atoms. The van der Waals surface area contributed by atoms with Crippen LogP contribution >= 0.6 is 11.8 Å². The summed E-state index contributed by atoms with van der Waals surface area (Å²) in [7, 11) is 0. The molecule has 0 aliphatic heterocycles. The van der Waals surface area contributed by atoms with Crippen LogP contribution in [0.4, 0.5) is 10.1 Å². The third-order valence-electron chi connectivity index (χ3n) is 3.16. The van der Waals surface area contributed by atoms with E-state index in [2.05, 4.69) is 5.32 Å². The zero-order chi connectivity index (χ0) is 19.6. The van der Waals surface area contributed by atoms with Crippen LogP contribution in [0.15, 0.2) is 59.5 Å². The van der Waals surface area contributed by atoms with Crippen LogP contribution < -0.4 is 11.1 Å². The molecule has 2 aromatic carbocycles. The van der Waals surface area contributed by atoms with Gasteiger partial charge >= 0.3 is 5.97 Å². The normalized spacial score (nSPS) is 10.6. The number of anilines is 1. The van der Waals surface area contributed by atoms with Crippen LogP contribution in [0.25, 0.3) is 6.08 Å². The van der Waals surface area contributed by atoms with E-state index in [4.69, 9.17) is 10.5 Å². The SMILES string of the molecule is NC(=O)CSc1ccccc1NC(=O)COC(=O)/C=C/c1ccc(F)cc1. The fourth-order valence-corrected chi connectivity index (χ4v) is 2.70. The first kappa shape index (κ1) is 20.2. The number of nitrogens with one attached hydrogen (secondary N) is 1. The molecule has 0 atom stereocenters. The van der Waals surface area contributed by atoms with Crippen LogP contribution in [0.5, 0.6) is 0 Å². The Morgan fingerprint density at radius 1 is 1.11 bits per heavy atom. The monoisotopic (exact) mass is 388 g/mol. The van der Waals surface area contributed by atoms with Crippen LogP contribution in [0, 0.1) is 5.82 Å². The van der Waals surface area contributed by atoms with Crippen molar-refractivity contribution in [3.8, 4) is 0 Å². The maximum atomic E-state index is 12.8. The van der Waals surface area contributed by atoms with E-state index in [1.165, 1.54) is 42.1 Å². The largest absolute Gasteiger partial charge is 0.452 e. The number of carbonyl (C=O) groups is 3. The number of benzene rings is 2. The molecule has 2 rings (SSSR count). The number of hydrogen-bond donors (Lipinski definition) is 2. The minimum atomic E-state index is -0.703. The summed E-state index contributed by atoms with van der Waals surface area (Å²) in [5.74, 6) is -1.99. The lowest BCUT2D eigenvalue weighted by Gasteiger charge is -2.10. The number of halogens is 1. The van der Waals surface area contributed by atoms with Crippen molar-refractivity contribution < 1.29 is 23.5 Å². The molecule has 0 radical (unpaired) electrons. The van der Waals surface area contributed by atoms with Crippen LogP contribution in [-0.4, -0.2) is 30.1 Å². The maximum Gasteiger partial charge on any atom is 0.331 e. The Balaban J connectivity index is 1.84. The number of thioether (sulfide) groups is 1. The van der Waals surface area contributed by atoms with E-state index in [0.717, 1.165) is 6.08 Å². The highest BCUT2D eigenvalue weighted by molar-refractivity contribution is 8.00. The van der Waals surface area contributed by atoms with Crippen molar-refractivity contribution in [2.24, 2.45) is 5.73 Å². The lowest BCUT2D eigenvalue weighted by molar-refractivity contribution is -0.142. The molecule has 2 amide bonds.